The molecule has 1 saturated carbocycles. The smallest absolute Gasteiger partial charge is 0.329 e. The van der Waals surface area contributed by atoms with Crippen LogP contribution in [-0.4, -0.2) is 46.0 Å². The third kappa shape index (κ3) is 4.84. The van der Waals surface area contributed by atoms with Crippen LogP contribution < -0.4 is 10.6 Å². The van der Waals surface area contributed by atoms with Crippen LogP contribution in [0.2, 0.25) is 5.02 Å². The van der Waals surface area contributed by atoms with Crippen molar-refractivity contribution in [3.8, 4) is 0 Å². The van der Waals surface area contributed by atoms with Crippen molar-refractivity contribution >= 4 is 34.7 Å². The predicted molar refractivity (Wildman–Crippen MR) is 107 cm³/mol. The maximum atomic E-state index is 11.4. The minimum atomic E-state index is -0.456. The molecule has 9 heteroatoms. The number of hydrogen-bond donors (Lipinski definition) is 2. The normalized spacial score (nSPS) is 19.7. The van der Waals surface area contributed by atoms with Crippen LogP contribution in [-0.2, 0) is 0 Å². The maximum absolute atomic E-state index is 11.4. The van der Waals surface area contributed by atoms with Gasteiger partial charge in [0.15, 0.2) is 0 Å². The fraction of sp³-hybridized carbons (Fsp3) is 0.444. The molecule has 0 spiro atoms. The van der Waals surface area contributed by atoms with Gasteiger partial charge in [0.2, 0.25) is 11.8 Å². The highest BCUT2D eigenvalue weighted by atomic mass is 35.5. The fourth-order valence-electron chi connectivity index (χ4n) is 3.41. The molecular weight excluding hydrogens is 368 g/mol. The van der Waals surface area contributed by atoms with E-state index in [1.807, 2.05) is 14.1 Å². The number of nitrogens with zero attached hydrogens (tertiary/aromatic N) is 4. The van der Waals surface area contributed by atoms with Crippen LogP contribution in [0.4, 0.5) is 23.1 Å². The van der Waals surface area contributed by atoms with Crippen molar-refractivity contribution in [2.75, 3.05) is 24.7 Å². The van der Waals surface area contributed by atoms with Crippen molar-refractivity contribution < 1.29 is 4.92 Å². The first-order valence-corrected chi connectivity index (χ1v) is 9.29. The number of nitro groups is 1. The second-order valence-electron chi connectivity index (χ2n) is 6.88. The Morgan fingerprint density at radius 2 is 1.93 bits per heavy atom. The fourth-order valence-corrected chi connectivity index (χ4v) is 3.54. The van der Waals surface area contributed by atoms with E-state index in [-0.39, 0.29) is 17.5 Å². The largest absolute Gasteiger partial charge is 0.360 e. The van der Waals surface area contributed by atoms with Gasteiger partial charge < -0.3 is 15.5 Å². The summed E-state index contributed by atoms with van der Waals surface area (Å²) in [6.45, 7) is 0. The number of hydrogen-bond acceptors (Lipinski definition) is 7. The highest BCUT2D eigenvalue weighted by Gasteiger charge is 2.29. The van der Waals surface area contributed by atoms with E-state index in [0.29, 0.717) is 17.0 Å². The molecule has 144 valence electrons. The van der Waals surface area contributed by atoms with Crippen LogP contribution in [0.25, 0.3) is 0 Å². The molecule has 1 fully saturated rings. The van der Waals surface area contributed by atoms with Crippen LogP contribution in [0.1, 0.15) is 25.7 Å². The Labute approximate surface area is 163 Å². The summed E-state index contributed by atoms with van der Waals surface area (Å²) in [7, 11) is 4.07. The van der Waals surface area contributed by atoms with Gasteiger partial charge in [-0.25, -0.2) is 4.98 Å². The Hall–Kier alpha value is -2.45. The summed E-state index contributed by atoms with van der Waals surface area (Å²) in [6.07, 6.45) is 5.50. The molecule has 2 atom stereocenters. The lowest BCUT2D eigenvalue weighted by molar-refractivity contribution is -0.384. The zero-order valence-electron chi connectivity index (χ0n) is 15.4. The van der Waals surface area contributed by atoms with Gasteiger partial charge in [-0.2, -0.15) is 4.98 Å². The van der Waals surface area contributed by atoms with Gasteiger partial charge in [0, 0.05) is 22.8 Å². The minimum Gasteiger partial charge on any atom is -0.360 e. The lowest BCUT2D eigenvalue weighted by atomic mass is 9.89. The molecule has 1 aliphatic carbocycles. The van der Waals surface area contributed by atoms with Gasteiger partial charge >= 0.3 is 5.69 Å². The van der Waals surface area contributed by atoms with E-state index in [0.717, 1.165) is 31.4 Å². The number of nitrogens with one attached hydrogen (secondary N) is 2. The quantitative estimate of drug-likeness (QED) is 0.566. The SMILES string of the molecule is CN(C)C1CCCCC1Nc1nc(Nc2ccc(Cl)cc2)ncc1[N+](=O)[O-]. The minimum absolute atomic E-state index is 0.103. The van der Waals surface area contributed by atoms with Crippen molar-refractivity contribution in [1.82, 2.24) is 14.9 Å². The monoisotopic (exact) mass is 390 g/mol. The molecule has 0 amide bonds. The number of aromatic nitrogens is 2. The molecule has 0 radical (unpaired) electrons. The number of likely N-dealkylation sites (N-methyl/N-ethyl adjacent to an activating group) is 1. The van der Waals surface area contributed by atoms with Crippen LogP contribution in [0, 0.1) is 10.1 Å². The van der Waals surface area contributed by atoms with Crippen molar-refractivity contribution in [2.24, 2.45) is 0 Å². The molecule has 1 heterocycles. The van der Waals surface area contributed by atoms with E-state index in [9.17, 15) is 10.1 Å². The molecule has 2 N–H and O–H groups in total. The number of rotatable bonds is 6. The summed E-state index contributed by atoms with van der Waals surface area (Å²) in [5, 5.41) is 18.4. The predicted octanol–water partition coefficient (Wildman–Crippen LogP) is 4.07. The average molecular weight is 391 g/mol. The summed E-state index contributed by atoms with van der Waals surface area (Å²) in [4.78, 5) is 21.6. The molecule has 2 aromatic rings. The second-order valence-corrected chi connectivity index (χ2v) is 7.32. The Kier molecular flexibility index (Phi) is 6.08. The third-order valence-electron chi connectivity index (χ3n) is 4.78. The third-order valence-corrected chi connectivity index (χ3v) is 5.03. The summed E-state index contributed by atoms with van der Waals surface area (Å²) in [5.74, 6) is 0.535. The summed E-state index contributed by atoms with van der Waals surface area (Å²) in [5.41, 5.74) is 0.628. The molecule has 0 aliphatic heterocycles. The molecule has 27 heavy (non-hydrogen) atoms. The van der Waals surface area contributed by atoms with Crippen molar-refractivity contribution in [3.63, 3.8) is 0 Å². The zero-order valence-corrected chi connectivity index (χ0v) is 16.1. The number of halogens is 1. The van der Waals surface area contributed by atoms with E-state index >= 15 is 0 Å². The summed E-state index contributed by atoms with van der Waals surface area (Å²) in [6, 6.07) is 7.50. The first-order chi connectivity index (χ1) is 12.9. The van der Waals surface area contributed by atoms with Gasteiger partial charge in [-0.15, -0.1) is 0 Å². The van der Waals surface area contributed by atoms with E-state index in [1.165, 1.54) is 6.20 Å². The highest BCUT2D eigenvalue weighted by molar-refractivity contribution is 6.30. The van der Waals surface area contributed by atoms with Gasteiger partial charge in [0.25, 0.3) is 0 Å². The van der Waals surface area contributed by atoms with Gasteiger partial charge in [-0.05, 0) is 51.2 Å². The van der Waals surface area contributed by atoms with E-state index in [1.54, 1.807) is 24.3 Å². The zero-order chi connectivity index (χ0) is 19.4. The molecule has 1 aromatic heterocycles. The van der Waals surface area contributed by atoms with Crippen LogP contribution in [0.15, 0.2) is 30.5 Å². The van der Waals surface area contributed by atoms with Gasteiger partial charge in [0.05, 0.1) is 4.92 Å². The Bertz CT molecular complexity index is 799. The Morgan fingerprint density at radius 1 is 1.22 bits per heavy atom. The first-order valence-electron chi connectivity index (χ1n) is 8.91. The number of anilines is 3. The molecule has 0 bridgehead atoms. The first kappa shape index (κ1) is 19.3. The topological polar surface area (TPSA) is 96.2 Å². The molecule has 0 saturated heterocycles. The van der Waals surface area contributed by atoms with Crippen molar-refractivity contribution in [2.45, 2.75) is 37.8 Å². The van der Waals surface area contributed by atoms with E-state index in [4.69, 9.17) is 11.6 Å². The lowest BCUT2D eigenvalue weighted by Gasteiger charge is -2.36. The highest BCUT2D eigenvalue weighted by Crippen LogP contribution is 2.29. The van der Waals surface area contributed by atoms with Crippen molar-refractivity contribution in [3.05, 3.63) is 45.6 Å². The Morgan fingerprint density at radius 3 is 2.59 bits per heavy atom. The Balaban J connectivity index is 1.85. The maximum Gasteiger partial charge on any atom is 0.329 e. The van der Waals surface area contributed by atoms with Crippen molar-refractivity contribution in [1.29, 1.82) is 0 Å². The molecule has 2 unspecified atom stereocenters. The van der Waals surface area contributed by atoms with E-state index in [2.05, 4.69) is 25.5 Å². The molecular formula is C18H23ClN6O2. The van der Waals surface area contributed by atoms with Gasteiger partial charge in [-0.1, -0.05) is 24.4 Å². The summed E-state index contributed by atoms with van der Waals surface area (Å²) >= 11 is 5.90. The summed E-state index contributed by atoms with van der Waals surface area (Å²) < 4.78 is 0. The van der Waals surface area contributed by atoms with Crippen LogP contribution >= 0.6 is 11.6 Å². The molecule has 3 rings (SSSR count). The van der Waals surface area contributed by atoms with E-state index < -0.39 is 4.92 Å². The second kappa shape index (κ2) is 8.49. The standard InChI is InChI=1S/C18H23ClN6O2/c1-24(2)15-6-4-3-5-14(15)22-17-16(25(26)27)11-20-18(23-17)21-13-9-7-12(19)8-10-13/h7-11,14-15H,3-6H2,1-2H3,(H2,20,21,22,23). The molecule has 1 aromatic carbocycles. The van der Waals surface area contributed by atoms with Gasteiger partial charge in [-0.3, -0.25) is 10.1 Å². The molecule has 8 nitrogen and oxygen atoms in total. The molecule has 1 aliphatic rings. The lowest BCUT2D eigenvalue weighted by Crippen LogP contribution is -2.45. The van der Waals surface area contributed by atoms with Crippen LogP contribution in [0.5, 0.6) is 0 Å². The average Bonchev–Trinajstić information content (AvgIpc) is 2.64. The number of benzene rings is 1. The van der Waals surface area contributed by atoms with Crippen LogP contribution in [0.3, 0.4) is 0 Å². The van der Waals surface area contributed by atoms with Gasteiger partial charge in [0.1, 0.15) is 6.20 Å².